The zero-order chi connectivity index (χ0) is 14.5. The monoisotopic (exact) mass is 296 g/mol. The Morgan fingerprint density at radius 2 is 2.00 bits per heavy atom. The molecule has 0 aromatic heterocycles. The lowest BCUT2D eigenvalue weighted by molar-refractivity contribution is -0.117. The highest BCUT2D eigenvalue weighted by Crippen LogP contribution is 2.20. The molecule has 4 nitrogen and oxygen atoms in total. The average Bonchev–Trinajstić information content (AvgIpc) is 2.42. The molecule has 0 aliphatic carbocycles. The van der Waals surface area contributed by atoms with E-state index in [0.717, 1.165) is 31.6 Å². The number of aliphatic hydroxyl groups excluding tert-OH is 1. The second-order valence-electron chi connectivity index (χ2n) is 5.41. The van der Waals surface area contributed by atoms with Crippen molar-refractivity contribution >= 4 is 23.2 Å². The number of halogens is 1. The summed E-state index contributed by atoms with van der Waals surface area (Å²) in [6, 6.07) is 7.09. The Morgan fingerprint density at radius 3 is 2.55 bits per heavy atom. The molecular weight excluding hydrogens is 276 g/mol. The first kappa shape index (κ1) is 15.3. The number of amides is 1. The van der Waals surface area contributed by atoms with Gasteiger partial charge in [-0.05, 0) is 63.0 Å². The lowest BCUT2D eigenvalue weighted by Gasteiger charge is -2.32. The maximum absolute atomic E-state index is 11.9. The van der Waals surface area contributed by atoms with E-state index in [4.69, 9.17) is 11.6 Å². The highest BCUT2D eigenvalue weighted by Gasteiger charge is 2.23. The molecule has 2 rings (SSSR count). The first-order chi connectivity index (χ1) is 9.54. The van der Waals surface area contributed by atoms with Gasteiger partial charge in [0.05, 0.1) is 12.6 Å². The summed E-state index contributed by atoms with van der Waals surface area (Å²) in [5.74, 6) is 0.355. The van der Waals surface area contributed by atoms with E-state index in [0.29, 0.717) is 17.5 Å². The third kappa shape index (κ3) is 4.47. The van der Waals surface area contributed by atoms with Crippen molar-refractivity contribution in [2.75, 3.05) is 25.0 Å². The van der Waals surface area contributed by atoms with Crippen LogP contribution in [0.25, 0.3) is 0 Å². The average molecular weight is 297 g/mol. The van der Waals surface area contributed by atoms with Crippen molar-refractivity contribution in [3.8, 4) is 0 Å². The minimum absolute atomic E-state index is 0.0113. The van der Waals surface area contributed by atoms with E-state index in [-0.39, 0.29) is 12.0 Å². The van der Waals surface area contributed by atoms with Gasteiger partial charge in [0.2, 0.25) is 5.91 Å². The van der Waals surface area contributed by atoms with Crippen LogP contribution in [0, 0.1) is 5.92 Å². The molecule has 0 saturated carbocycles. The SMILES string of the molecule is CC(O)C1CCN(CC(=O)Nc2ccc(Cl)cc2)CC1. The van der Waals surface area contributed by atoms with Crippen LogP contribution in [0.15, 0.2) is 24.3 Å². The minimum atomic E-state index is -0.250. The number of carbonyl (C=O) groups excluding carboxylic acids is 1. The quantitative estimate of drug-likeness (QED) is 0.897. The van der Waals surface area contributed by atoms with E-state index in [1.165, 1.54) is 0 Å². The Morgan fingerprint density at radius 1 is 1.40 bits per heavy atom. The summed E-state index contributed by atoms with van der Waals surface area (Å²) < 4.78 is 0. The summed E-state index contributed by atoms with van der Waals surface area (Å²) in [6.07, 6.45) is 1.65. The lowest BCUT2D eigenvalue weighted by Crippen LogP contribution is -2.41. The topological polar surface area (TPSA) is 52.6 Å². The van der Waals surface area contributed by atoms with Crippen LogP contribution in [0.2, 0.25) is 5.02 Å². The molecule has 1 aromatic rings. The van der Waals surface area contributed by atoms with Crippen molar-refractivity contribution in [2.24, 2.45) is 5.92 Å². The van der Waals surface area contributed by atoms with Gasteiger partial charge < -0.3 is 10.4 Å². The summed E-state index contributed by atoms with van der Waals surface area (Å²) in [6.45, 7) is 3.97. The summed E-state index contributed by atoms with van der Waals surface area (Å²) in [5, 5.41) is 13.1. The number of likely N-dealkylation sites (tertiary alicyclic amines) is 1. The Hall–Kier alpha value is -1.10. The number of nitrogens with zero attached hydrogens (tertiary/aromatic N) is 1. The van der Waals surface area contributed by atoms with E-state index in [9.17, 15) is 9.90 Å². The third-order valence-corrected chi connectivity index (χ3v) is 4.06. The van der Waals surface area contributed by atoms with Crippen LogP contribution in [-0.4, -0.2) is 41.7 Å². The molecule has 1 unspecified atom stereocenters. The number of benzene rings is 1. The number of aliphatic hydroxyl groups is 1. The van der Waals surface area contributed by atoms with Crippen molar-refractivity contribution in [3.05, 3.63) is 29.3 Å². The van der Waals surface area contributed by atoms with Gasteiger partial charge in [0.25, 0.3) is 0 Å². The predicted octanol–water partition coefficient (Wildman–Crippen LogP) is 2.37. The largest absolute Gasteiger partial charge is 0.393 e. The number of hydrogen-bond donors (Lipinski definition) is 2. The van der Waals surface area contributed by atoms with E-state index in [2.05, 4.69) is 10.2 Å². The minimum Gasteiger partial charge on any atom is -0.393 e. The van der Waals surface area contributed by atoms with Gasteiger partial charge in [0.15, 0.2) is 0 Å². The van der Waals surface area contributed by atoms with E-state index in [1.54, 1.807) is 24.3 Å². The normalized spacial score (nSPS) is 18.8. The molecule has 1 aliphatic heterocycles. The molecule has 20 heavy (non-hydrogen) atoms. The molecule has 1 amide bonds. The van der Waals surface area contributed by atoms with Crippen LogP contribution in [0.3, 0.4) is 0 Å². The molecule has 1 atom stereocenters. The fraction of sp³-hybridized carbons (Fsp3) is 0.533. The fourth-order valence-corrected chi connectivity index (χ4v) is 2.66. The summed E-state index contributed by atoms with van der Waals surface area (Å²) in [7, 11) is 0. The van der Waals surface area contributed by atoms with Crippen molar-refractivity contribution in [2.45, 2.75) is 25.9 Å². The number of hydrogen-bond acceptors (Lipinski definition) is 3. The second-order valence-corrected chi connectivity index (χ2v) is 5.85. The van der Waals surface area contributed by atoms with Crippen molar-refractivity contribution in [3.63, 3.8) is 0 Å². The Bertz CT molecular complexity index is 440. The smallest absolute Gasteiger partial charge is 0.238 e. The van der Waals surface area contributed by atoms with Crippen LogP contribution in [-0.2, 0) is 4.79 Å². The molecule has 5 heteroatoms. The van der Waals surface area contributed by atoms with Crippen LogP contribution in [0.4, 0.5) is 5.69 Å². The number of rotatable bonds is 4. The zero-order valence-electron chi connectivity index (χ0n) is 11.7. The molecule has 2 N–H and O–H groups in total. The number of carbonyl (C=O) groups is 1. The molecule has 1 fully saturated rings. The Kier molecular flexibility index (Phi) is 5.40. The number of piperidine rings is 1. The number of nitrogens with one attached hydrogen (secondary N) is 1. The standard InChI is InChI=1S/C15H21ClN2O2/c1-11(19)12-6-8-18(9-7-12)10-15(20)17-14-4-2-13(16)3-5-14/h2-5,11-12,19H,6-10H2,1H3,(H,17,20). The molecule has 0 spiro atoms. The zero-order valence-corrected chi connectivity index (χ0v) is 12.4. The molecule has 0 radical (unpaired) electrons. The molecular formula is C15H21ClN2O2. The van der Waals surface area contributed by atoms with Gasteiger partial charge in [0.1, 0.15) is 0 Å². The maximum Gasteiger partial charge on any atom is 0.238 e. The third-order valence-electron chi connectivity index (χ3n) is 3.81. The molecule has 1 heterocycles. The van der Waals surface area contributed by atoms with Crippen molar-refractivity contribution < 1.29 is 9.90 Å². The molecule has 1 aliphatic rings. The highest BCUT2D eigenvalue weighted by atomic mass is 35.5. The molecule has 1 aromatic carbocycles. The first-order valence-electron chi connectivity index (χ1n) is 7.00. The highest BCUT2D eigenvalue weighted by molar-refractivity contribution is 6.30. The second kappa shape index (κ2) is 7.07. The Balaban J connectivity index is 1.77. The van der Waals surface area contributed by atoms with Gasteiger partial charge in [-0.2, -0.15) is 0 Å². The van der Waals surface area contributed by atoms with E-state index < -0.39 is 0 Å². The molecule has 0 bridgehead atoms. The van der Waals surface area contributed by atoms with Gasteiger partial charge in [-0.15, -0.1) is 0 Å². The van der Waals surface area contributed by atoms with Crippen LogP contribution in [0.1, 0.15) is 19.8 Å². The van der Waals surface area contributed by atoms with Gasteiger partial charge in [-0.3, -0.25) is 9.69 Å². The van der Waals surface area contributed by atoms with E-state index >= 15 is 0 Å². The molecule has 1 saturated heterocycles. The van der Waals surface area contributed by atoms with Crippen LogP contribution in [0.5, 0.6) is 0 Å². The molecule has 110 valence electrons. The fourth-order valence-electron chi connectivity index (χ4n) is 2.53. The van der Waals surface area contributed by atoms with E-state index in [1.807, 2.05) is 6.92 Å². The van der Waals surface area contributed by atoms with Crippen LogP contribution < -0.4 is 5.32 Å². The number of anilines is 1. The van der Waals surface area contributed by atoms with Gasteiger partial charge in [-0.1, -0.05) is 11.6 Å². The summed E-state index contributed by atoms with van der Waals surface area (Å²) >= 11 is 5.80. The van der Waals surface area contributed by atoms with Crippen molar-refractivity contribution in [1.82, 2.24) is 4.90 Å². The maximum atomic E-state index is 11.9. The Labute approximate surface area is 124 Å². The predicted molar refractivity (Wildman–Crippen MR) is 80.9 cm³/mol. The van der Waals surface area contributed by atoms with Gasteiger partial charge in [0, 0.05) is 10.7 Å². The van der Waals surface area contributed by atoms with Gasteiger partial charge >= 0.3 is 0 Å². The first-order valence-corrected chi connectivity index (χ1v) is 7.38. The summed E-state index contributed by atoms with van der Waals surface area (Å²) in [4.78, 5) is 14.1. The summed E-state index contributed by atoms with van der Waals surface area (Å²) in [5.41, 5.74) is 0.762. The lowest BCUT2D eigenvalue weighted by atomic mass is 9.92. The van der Waals surface area contributed by atoms with Crippen LogP contribution >= 0.6 is 11.6 Å². The van der Waals surface area contributed by atoms with Crippen molar-refractivity contribution in [1.29, 1.82) is 0 Å². The van der Waals surface area contributed by atoms with Gasteiger partial charge in [-0.25, -0.2) is 0 Å².